The zero-order valence-corrected chi connectivity index (χ0v) is 15.9. The Labute approximate surface area is 171 Å². The SMILES string of the molecule is O=C(Cc1ccc(F)cc1)Nc1ccc2c(c1)OCC(=O)N2Cc1ccccc1F. The van der Waals surface area contributed by atoms with E-state index in [1.807, 2.05) is 0 Å². The lowest BCUT2D eigenvalue weighted by Crippen LogP contribution is -2.38. The van der Waals surface area contributed by atoms with E-state index in [2.05, 4.69) is 5.32 Å². The molecule has 152 valence electrons. The molecule has 0 unspecified atom stereocenters. The van der Waals surface area contributed by atoms with Gasteiger partial charge in [0.2, 0.25) is 5.91 Å². The van der Waals surface area contributed by atoms with Crippen LogP contribution in [0.3, 0.4) is 0 Å². The highest BCUT2D eigenvalue weighted by atomic mass is 19.1. The third-order valence-electron chi connectivity index (χ3n) is 4.75. The molecular weight excluding hydrogens is 390 g/mol. The molecule has 1 aliphatic heterocycles. The van der Waals surface area contributed by atoms with E-state index in [9.17, 15) is 18.4 Å². The third-order valence-corrected chi connectivity index (χ3v) is 4.75. The van der Waals surface area contributed by atoms with Crippen molar-refractivity contribution in [3.05, 3.63) is 89.5 Å². The van der Waals surface area contributed by atoms with Crippen molar-refractivity contribution in [1.29, 1.82) is 0 Å². The molecule has 0 bridgehead atoms. The fourth-order valence-electron chi connectivity index (χ4n) is 3.25. The summed E-state index contributed by atoms with van der Waals surface area (Å²) in [6.07, 6.45) is 0.0934. The van der Waals surface area contributed by atoms with Crippen LogP contribution in [0.1, 0.15) is 11.1 Å². The molecule has 7 heteroatoms. The number of ether oxygens (including phenoxy) is 1. The van der Waals surface area contributed by atoms with Gasteiger partial charge in [-0.15, -0.1) is 0 Å². The Morgan fingerprint density at radius 1 is 1.03 bits per heavy atom. The van der Waals surface area contributed by atoms with Gasteiger partial charge in [0.15, 0.2) is 6.61 Å². The van der Waals surface area contributed by atoms with E-state index in [0.29, 0.717) is 28.3 Å². The monoisotopic (exact) mass is 408 g/mol. The first-order valence-electron chi connectivity index (χ1n) is 9.34. The normalized spacial score (nSPS) is 12.9. The van der Waals surface area contributed by atoms with Gasteiger partial charge >= 0.3 is 0 Å². The first-order valence-corrected chi connectivity index (χ1v) is 9.34. The zero-order valence-electron chi connectivity index (χ0n) is 15.9. The number of fused-ring (bicyclic) bond motifs is 1. The van der Waals surface area contributed by atoms with Gasteiger partial charge in [0, 0.05) is 17.3 Å². The minimum atomic E-state index is -0.386. The maximum absolute atomic E-state index is 14.0. The van der Waals surface area contributed by atoms with Crippen molar-refractivity contribution in [2.45, 2.75) is 13.0 Å². The van der Waals surface area contributed by atoms with Crippen molar-refractivity contribution in [1.82, 2.24) is 0 Å². The summed E-state index contributed by atoms with van der Waals surface area (Å²) in [4.78, 5) is 26.1. The molecule has 0 atom stereocenters. The molecule has 0 spiro atoms. The van der Waals surface area contributed by atoms with Gasteiger partial charge in [-0.05, 0) is 35.9 Å². The third kappa shape index (κ3) is 4.30. The smallest absolute Gasteiger partial charge is 0.265 e. The Hall–Kier alpha value is -3.74. The minimum absolute atomic E-state index is 0.0815. The number of anilines is 2. The molecule has 30 heavy (non-hydrogen) atoms. The lowest BCUT2D eigenvalue weighted by atomic mass is 10.1. The Morgan fingerprint density at radius 2 is 1.80 bits per heavy atom. The molecule has 0 saturated carbocycles. The molecule has 3 aromatic carbocycles. The number of amides is 2. The highest BCUT2D eigenvalue weighted by molar-refractivity contribution is 5.99. The van der Waals surface area contributed by atoms with Crippen LogP contribution in [0.4, 0.5) is 20.2 Å². The molecule has 0 aromatic heterocycles. The topological polar surface area (TPSA) is 58.6 Å². The predicted octanol–water partition coefficient (Wildman–Crippen LogP) is 4.07. The van der Waals surface area contributed by atoms with Crippen LogP contribution in [0.25, 0.3) is 0 Å². The van der Waals surface area contributed by atoms with Gasteiger partial charge < -0.3 is 15.0 Å². The van der Waals surface area contributed by atoms with E-state index in [1.54, 1.807) is 48.5 Å². The van der Waals surface area contributed by atoms with E-state index >= 15 is 0 Å². The largest absolute Gasteiger partial charge is 0.481 e. The first kappa shape index (κ1) is 19.6. The van der Waals surface area contributed by atoms with Crippen molar-refractivity contribution in [2.75, 3.05) is 16.8 Å². The van der Waals surface area contributed by atoms with Gasteiger partial charge in [-0.2, -0.15) is 0 Å². The van der Waals surface area contributed by atoms with Crippen LogP contribution in [-0.2, 0) is 22.6 Å². The number of hydrogen-bond donors (Lipinski definition) is 1. The lowest BCUT2D eigenvalue weighted by Gasteiger charge is -2.30. The van der Waals surface area contributed by atoms with Gasteiger partial charge in [-0.3, -0.25) is 9.59 Å². The van der Waals surface area contributed by atoms with E-state index in [1.165, 1.54) is 23.1 Å². The molecule has 1 aliphatic rings. The van der Waals surface area contributed by atoms with Gasteiger partial charge in [0.05, 0.1) is 18.7 Å². The van der Waals surface area contributed by atoms with E-state index < -0.39 is 0 Å². The van der Waals surface area contributed by atoms with Crippen LogP contribution < -0.4 is 15.0 Å². The minimum Gasteiger partial charge on any atom is -0.481 e. The van der Waals surface area contributed by atoms with Gasteiger partial charge in [0.25, 0.3) is 5.91 Å². The van der Waals surface area contributed by atoms with Crippen LogP contribution in [0, 0.1) is 11.6 Å². The van der Waals surface area contributed by atoms with Crippen molar-refractivity contribution in [3.8, 4) is 5.75 Å². The second-order valence-corrected chi connectivity index (χ2v) is 6.89. The van der Waals surface area contributed by atoms with Gasteiger partial charge in [0.1, 0.15) is 17.4 Å². The maximum Gasteiger partial charge on any atom is 0.265 e. The zero-order chi connectivity index (χ0) is 21.1. The van der Waals surface area contributed by atoms with Crippen LogP contribution in [-0.4, -0.2) is 18.4 Å². The van der Waals surface area contributed by atoms with E-state index in [4.69, 9.17) is 4.74 Å². The molecule has 0 radical (unpaired) electrons. The summed E-state index contributed by atoms with van der Waals surface area (Å²) in [6, 6.07) is 16.9. The number of nitrogens with zero attached hydrogens (tertiary/aromatic N) is 1. The second kappa shape index (κ2) is 8.32. The molecule has 1 heterocycles. The van der Waals surface area contributed by atoms with Crippen molar-refractivity contribution in [2.24, 2.45) is 0 Å². The highest BCUT2D eigenvalue weighted by Gasteiger charge is 2.26. The number of nitrogens with one attached hydrogen (secondary N) is 1. The summed E-state index contributed by atoms with van der Waals surface area (Å²) in [6.45, 7) is -0.0907. The maximum atomic E-state index is 14.0. The Balaban J connectivity index is 1.50. The summed E-state index contributed by atoms with van der Waals surface area (Å²) < 4.78 is 32.5. The molecule has 0 saturated heterocycles. The average Bonchev–Trinajstić information content (AvgIpc) is 2.73. The van der Waals surface area contributed by atoms with Crippen molar-refractivity contribution in [3.63, 3.8) is 0 Å². The summed E-state index contributed by atoms with van der Waals surface area (Å²) in [7, 11) is 0. The number of halogens is 2. The number of rotatable bonds is 5. The fraction of sp³-hybridized carbons (Fsp3) is 0.130. The summed E-state index contributed by atoms with van der Waals surface area (Å²) >= 11 is 0. The van der Waals surface area contributed by atoms with Crippen molar-refractivity contribution >= 4 is 23.2 Å². The average molecular weight is 408 g/mol. The van der Waals surface area contributed by atoms with Crippen LogP contribution in [0.5, 0.6) is 5.75 Å². The number of carbonyl (C=O) groups excluding carboxylic acids is 2. The standard InChI is InChI=1S/C23H18F2N2O3/c24-17-7-5-15(6-8-17)11-22(28)26-18-9-10-20-21(12-18)30-14-23(29)27(20)13-16-3-1-2-4-19(16)25/h1-10,12H,11,13-14H2,(H,26,28). The molecule has 2 amide bonds. The van der Waals surface area contributed by atoms with Crippen LogP contribution in [0.2, 0.25) is 0 Å². The summed E-state index contributed by atoms with van der Waals surface area (Å²) in [5.41, 5.74) is 2.09. The predicted molar refractivity (Wildman–Crippen MR) is 108 cm³/mol. The summed E-state index contributed by atoms with van der Waals surface area (Å²) in [5.74, 6) is -0.871. The van der Waals surface area contributed by atoms with Gasteiger partial charge in [-0.1, -0.05) is 30.3 Å². The van der Waals surface area contributed by atoms with Gasteiger partial charge in [-0.25, -0.2) is 8.78 Å². The van der Waals surface area contributed by atoms with E-state index in [0.717, 1.165) is 0 Å². The Kier molecular flexibility index (Phi) is 5.43. The van der Waals surface area contributed by atoms with Crippen molar-refractivity contribution < 1.29 is 23.1 Å². The number of hydrogen-bond acceptors (Lipinski definition) is 3. The quantitative estimate of drug-likeness (QED) is 0.692. The highest BCUT2D eigenvalue weighted by Crippen LogP contribution is 2.35. The molecule has 1 N–H and O–H groups in total. The Bertz CT molecular complexity index is 1100. The summed E-state index contributed by atoms with van der Waals surface area (Å²) in [5, 5.41) is 2.76. The molecule has 0 aliphatic carbocycles. The molecule has 3 aromatic rings. The molecule has 0 fully saturated rings. The number of benzene rings is 3. The number of carbonyl (C=O) groups is 2. The second-order valence-electron chi connectivity index (χ2n) is 6.89. The lowest BCUT2D eigenvalue weighted by molar-refractivity contribution is -0.121. The van der Waals surface area contributed by atoms with Crippen LogP contribution >= 0.6 is 0 Å². The fourth-order valence-corrected chi connectivity index (χ4v) is 3.25. The first-order chi connectivity index (χ1) is 14.5. The Morgan fingerprint density at radius 3 is 2.57 bits per heavy atom. The van der Waals surface area contributed by atoms with E-state index in [-0.39, 0.29) is 43.0 Å². The molecular formula is C23H18F2N2O3. The van der Waals surface area contributed by atoms with Crippen LogP contribution in [0.15, 0.2) is 66.7 Å². The molecule has 5 nitrogen and oxygen atoms in total. The molecule has 4 rings (SSSR count).